The average Bonchev–Trinajstić information content (AvgIpc) is 3.35. The highest BCUT2D eigenvalue weighted by Gasteiger charge is 2.32. The lowest BCUT2D eigenvalue weighted by molar-refractivity contribution is 0.0698. The Kier molecular flexibility index (Phi) is 6.83. The summed E-state index contributed by atoms with van der Waals surface area (Å²) in [5, 5.41) is 4.07. The van der Waals surface area contributed by atoms with E-state index in [1.807, 2.05) is 39.0 Å². The van der Waals surface area contributed by atoms with E-state index in [2.05, 4.69) is 24.0 Å². The normalized spacial score (nSPS) is 15.5. The van der Waals surface area contributed by atoms with Gasteiger partial charge < -0.3 is 9.42 Å². The molecule has 1 aliphatic heterocycles. The van der Waals surface area contributed by atoms with E-state index in [1.54, 1.807) is 35.2 Å². The van der Waals surface area contributed by atoms with Crippen LogP contribution >= 0.6 is 0 Å². The maximum atomic E-state index is 13.4. The third-order valence-electron chi connectivity index (χ3n) is 6.20. The Bertz CT molecular complexity index is 1300. The second-order valence-corrected chi connectivity index (χ2v) is 12.1. The van der Waals surface area contributed by atoms with Gasteiger partial charge in [-0.15, -0.1) is 0 Å². The van der Waals surface area contributed by atoms with Crippen molar-refractivity contribution in [3.05, 3.63) is 65.5 Å². The third-order valence-corrected chi connectivity index (χ3v) is 8.11. The van der Waals surface area contributed by atoms with Gasteiger partial charge in [0, 0.05) is 31.6 Å². The van der Waals surface area contributed by atoms with E-state index in [-0.39, 0.29) is 29.3 Å². The van der Waals surface area contributed by atoms with Crippen LogP contribution in [0.3, 0.4) is 0 Å². The van der Waals surface area contributed by atoms with Crippen LogP contribution in [0.2, 0.25) is 0 Å². The van der Waals surface area contributed by atoms with Gasteiger partial charge in [-0.2, -0.15) is 9.29 Å². The summed E-state index contributed by atoms with van der Waals surface area (Å²) >= 11 is 0. The zero-order chi connectivity index (χ0) is 25.4. The molecule has 0 N–H and O–H groups in total. The molecule has 1 aliphatic rings. The van der Waals surface area contributed by atoms with Gasteiger partial charge in [-0.3, -0.25) is 4.79 Å². The highest BCUT2D eigenvalue weighted by atomic mass is 32.2. The van der Waals surface area contributed by atoms with Crippen molar-refractivity contribution < 1.29 is 17.7 Å². The molecule has 2 aromatic carbocycles. The Labute approximate surface area is 207 Å². The van der Waals surface area contributed by atoms with Gasteiger partial charge in [-0.25, -0.2) is 8.42 Å². The fourth-order valence-electron chi connectivity index (χ4n) is 3.97. The van der Waals surface area contributed by atoms with E-state index in [0.29, 0.717) is 41.8 Å². The Morgan fingerprint density at radius 2 is 1.60 bits per heavy atom. The number of carbonyl (C=O) groups is 1. The smallest absolute Gasteiger partial charge is 0.258 e. The zero-order valence-electron chi connectivity index (χ0n) is 20.9. The van der Waals surface area contributed by atoms with Crippen LogP contribution in [0.4, 0.5) is 0 Å². The van der Waals surface area contributed by atoms with E-state index in [0.717, 1.165) is 5.56 Å². The molecule has 0 atom stereocenters. The largest absolute Gasteiger partial charge is 0.336 e. The van der Waals surface area contributed by atoms with Gasteiger partial charge >= 0.3 is 0 Å². The second kappa shape index (κ2) is 9.54. The molecule has 35 heavy (non-hydrogen) atoms. The van der Waals surface area contributed by atoms with E-state index in [9.17, 15) is 13.2 Å². The van der Waals surface area contributed by atoms with E-state index in [4.69, 9.17) is 4.52 Å². The number of hydrogen-bond acceptors (Lipinski definition) is 6. The summed E-state index contributed by atoms with van der Waals surface area (Å²) in [5.74, 6) is 1.01. The zero-order valence-corrected chi connectivity index (χ0v) is 21.7. The number of nitrogens with zero attached hydrogens (tertiary/aromatic N) is 4. The molecule has 0 aliphatic carbocycles. The molecule has 1 amide bonds. The Morgan fingerprint density at radius 1 is 0.971 bits per heavy atom. The number of carbonyl (C=O) groups excluding carboxylic acids is 1. The summed E-state index contributed by atoms with van der Waals surface area (Å²) < 4.78 is 33.2. The number of sulfonamides is 1. The van der Waals surface area contributed by atoms with Gasteiger partial charge in [0.05, 0.1) is 16.0 Å². The fraction of sp³-hybridized carbons (Fsp3) is 0.423. The van der Waals surface area contributed by atoms with Crippen molar-refractivity contribution in [2.24, 2.45) is 0 Å². The summed E-state index contributed by atoms with van der Waals surface area (Å²) in [6.07, 6.45) is 0. The molecular weight excluding hydrogens is 464 g/mol. The van der Waals surface area contributed by atoms with Gasteiger partial charge in [0.1, 0.15) is 0 Å². The summed E-state index contributed by atoms with van der Waals surface area (Å²) in [4.78, 5) is 19.8. The molecule has 2 heterocycles. The molecule has 8 nitrogen and oxygen atoms in total. The van der Waals surface area contributed by atoms with Crippen LogP contribution < -0.4 is 0 Å². The number of aromatic nitrogens is 2. The van der Waals surface area contributed by atoms with Crippen molar-refractivity contribution in [1.82, 2.24) is 19.3 Å². The molecule has 1 aromatic heterocycles. The molecule has 9 heteroatoms. The van der Waals surface area contributed by atoms with Gasteiger partial charge in [0.15, 0.2) is 5.82 Å². The molecular formula is C26H32N4O4S. The van der Waals surface area contributed by atoms with Gasteiger partial charge in [0.25, 0.3) is 11.8 Å². The first-order chi connectivity index (χ1) is 16.5. The number of amides is 1. The average molecular weight is 497 g/mol. The molecule has 0 unspecified atom stereocenters. The second-order valence-electron chi connectivity index (χ2n) is 10.1. The van der Waals surface area contributed by atoms with Crippen LogP contribution in [-0.4, -0.2) is 59.8 Å². The SMILES string of the molecule is CC(C)c1ccc(S(=O)(=O)N2CCN(C(=O)c3ccccc3-c3nc(C(C)(C)C)no3)CC2)cc1. The summed E-state index contributed by atoms with van der Waals surface area (Å²) in [7, 11) is -3.62. The molecule has 4 rings (SSSR count). The lowest BCUT2D eigenvalue weighted by Gasteiger charge is -2.34. The third kappa shape index (κ3) is 5.16. The molecule has 0 saturated carbocycles. The summed E-state index contributed by atoms with van der Waals surface area (Å²) in [6.45, 7) is 11.2. The van der Waals surface area contributed by atoms with Gasteiger partial charge in [0.2, 0.25) is 10.0 Å². The Morgan fingerprint density at radius 3 is 2.17 bits per heavy atom. The molecule has 3 aromatic rings. The summed E-state index contributed by atoms with van der Waals surface area (Å²) in [5.41, 5.74) is 1.84. The number of hydrogen-bond donors (Lipinski definition) is 0. The van der Waals surface area contributed by atoms with Crippen LogP contribution in [-0.2, 0) is 15.4 Å². The molecule has 0 spiro atoms. The van der Waals surface area contributed by atoms with Crippen LogP contribution in [0.25, 0.3) is 11.5 Å². The lowest BCUT2D eigenvalue weighted by atomic mass is 9.96. The number of rotatable bonds is 5. The first-order valence-electron chi connectivity index (χ1n) is 11.8. The summed E-state index contributed by atoms with van der Waals surface area (Å²) in [6, 6.07) is 14.2. The monoisotopic (exact) mass is 496 g/mol. The van der Waals surface area contributed by atoms with Crippen molar-refractivity contribution >= 4 is 15.9 Å². The standard InChI is InChI=1S/C26H32N4O4S/c1-18(2)19-10-12-20(13-11-19)35(32,33)30-16-14-29(15-17-30)24(31)22-9-7-6-8-21(22)23-27-25(28-34-23)26(3,4)5/h6-13,18H,14-17H2,1-5H3. The van der Waals surface area contributed by atoms with Crippen molar-refractivity contribution in [1.29, 1.82) is 0 Å². The fourth-order valence-corrected chi connectivity index (χ4v) is 5.39. The molecule has 1 saturated heterocycles. The molecule has 0 bridgehead atoms. The molecule has 1 fully saturated rings. The van der Waals surface area contributed by atoms with Crippen molar-refractivity contribution in [3.8, 4) is 11.5 Å². The minimum atomic E-state index is -3.62. The minimum Gasteiger partial charge on any atom is -0.336 e. The quantitative estimate of drug-likeness (QED) is 0.522. The highest BCUT2D eigenvalue weighted by molar-refractivity contribution is 7.89. The minimum absolute atomic E-state index is 0.186. The number of benzene rings is 2. The van der Waals surface area contributed by atoms with E-state index >= 15 is 0 Å². The van der Waals surface area contributed by atoms with Crippen LogP contribution in [0, 0.1) is 0 Å². The first-order valence-corrected chi connectivity index (χ1v) is 13.3. The van der Waals surface area contributed by atoms with Crippen LogP contribution in [0.1, 0.15) is 62.3 Å². The van der Waals surface area contributed by atoms with Crippen LogP contribution in [0.5, 0.6) is 0 Å². The van der Waals surface area contributed by atoms with Gasteiger partial charge in [-0.1, -0.05) is 64.0 Å². The predicted molar refractivity (Wildman–Crippen MR) is 134 cm³/mol. The molecule has 0 radical (unpaired) electrons. The topological polar surface area (TPSA) is 96.6 Å². The Hall–Kier alpha value is -3.04. The predicted octanol–water partition coefficient (Wildman–Crippen LogP) is 4.30. The molecule has 186 valence electrons. The van der Waals surface area contributed by atoms with E-state index in [1.165, 1.54) is 4.31 Å². The lowest BCUT2D eigenvalue weighted by Crippen LogP contribution is -2.50. The Balaban J connectivity index is 1.49. The van der Waals surface area contributed by atoms with Crippen LogP contribution in [0.15, 0.2) is 57.9 Å². The van der Waals surface area contributed by atoms with Crippen molar-refractivity contribution in [2.75, 3.05) is 26.2 Å². The van der Waals surface area contributed by atoms with Crippen molar-refractivity contribution in [2.45, 2.75) is 50.8 Å². The maximum absolute atomic E-state index is 13.4. The van der Waals surface area contributed by atoms with Gasteiger partial charge in [-0.05, 0) is 35.7 Å². The first kappa shape index (κ1) is 25.1. The highest BCUT2D eigenvalue weighted by Crippen LogP contribution is 2.28. The van der Waals surface area contributed by atoms with E-state index < -0.39 is 10.0 Å². The maximum Gasteiger partial charge on any atom is 0.258 e. The number of piperazine rings is 1. The van der Waals surface area contributed by atoms with Crippen molar-refractivity contribution in [3.63, 3.8) is 0 Å².